The Labute approximate surface area is 136 Å². The lowest BCUT2D eigenvalue weighted by molar-refractivity contribution is -0.139. The third kappa shape index (κ3) is 3.54. The van der Waals surface area contributed by atoms with Crippen molar-refractivity contribution in [2.45, 2.75) is 39.0 Å². The molecule has 1 aromatic heterocycles. The number of hydrogen-bond acceptors (Lipinski definition) is 5. The van der Waals surface area contributed by atoms with Gasteiger partial charge in [0.15, 0.2) is 5.82 Å². The van der Waals surface area contributed by atoms with Gasteiger partial charge in [0.05, 0.1) is 5.92 Å². The number of amides is 2. The van der Waals surface area contributed by atoms with Crippen LogP contribution in [-0.2, 0) is 16.0 Å². The minimum absolute atomic E-state index is 0.0220. The van der Waals surface area contributed by atoms with E-state index in [2.05, 4.69) is 10.1 Å². The molecule has 0 N–H and O–H groups in total. The van der Waals surface area contributed by atoms with Gasteiger partial charge in [-0.05, 0) is 12.8 Å². The topological polar surface area (TPSA) is 79.5 Å². The van der Waals surface area contributed by atoms with Crippen LogP contribution in [-0.4, -0.2) is 58.4 Å². The highest BCUT2D eigenvalue weighted by atomic mass is 16.5. The maximum Gasteiger partial charge on any atom is 0.233 e. The molecule has 7 heteroatoms. The van der Waals surface area contributed by atoms with Crippen LogP contribution >= 0.6 is 0 Å². The van der Waals surface area contributed by atoms with Gasteiger partial charge in [0.2, 0.25) is 17.7 Å². The van der Waals surface area contributed by atoms with Gasteiger partial charge < -0.3 is 14.3 Å². The maximum absolute atomic E-state index is 11.9. The normalized spacial score (nSPS) is 18.2. The second-order valence-corrected chi connectivity index (χ2v) is 6.93. The molecular formula is C16H24N4O3. The lowest BCUT2D eigenvalue weighted by Crippen LogP contribution is -2.50. The highest BCUT2D eigenvalue weighted by Crippen LogP contribution is 2.30. The average molecular weight is 320 g/mol. The van der Waals surface area contributed by atoms with Gasteiger partial charge in [0.1, 0.15) is 0 Å². The van der Waals surface area contributed by atoms with E-state index in [-0.39, 0.29) is 29.6 Å². The van der Waals surface area contributed by atoms with Crippen molar-refractivity contribution in [2.75, 3.05) is 26.7 Å². The van der Waals surface area contributed by atoms with E-state index < -0.39 is 0 Å². The first-order valence-corrected chi connectivity index (χ1v) is 8.32. The zero-order chi connectivity index (χ0) is 16.6. The summed E-state index contributed by atoms with van der Waals surface area (Å²) in [6, 6.07) is 0. The zero-order valence-corrected chi connectivity index (χ0v) is 14.0. The van der Waals surface area contributed by atoms with Crippen molar-refractivity contribution < 1.29 is 14.1 Å². The SMILES string of the molecule is CC(C)C(=O)N1CC(c2nc(CCN(C)C(=O)C3CC3)no2)C1. The Morgan fingerprint density at radius 3 is 2.65 bits per heavy atom. The Morgan fingerprint density at radius 2 is 2.04 bits per heavy atom. The summed E-state index contributed by atoms with van der Waals surface area (Å²) < 4.78 is 5.31. The average Bonchev–Trinajstić information content (AvgIpc) is 3.22. The molecule has 1 aliphatic heterocycles. The minimum atomic E-state index is 0.0220. The van der Waals surface area contributed by atoms with E-state index in [9.17, 15) is 9.59 Å². The Morgan fingerprint density at radius 1 is 1.35 bits per heavy atom. The fourth-order valence-electron chi connectivity index (χ4n) is 2.73. The number of likely N-dealkylation sites (tertiary alicyclic amines) is 1. The van der Waals surface area contributed by atoms with E-state index in [1.54, 1.807) is 4.90 Å². The van der Waals surface area contributed by atoms with E-state index in [0.717, 1.165) is 12.8 Å². The third-order valence-electron chi connectivity index (χ3n) is 4.49. The Bertz CT molecular complexity index is 588. The lowest BCUT2D eigenvalue weighted by Gasteiger charge is -2.38. The fourth-order valence-corrected chi connectivity index (χ4v) is 2.73. The zero-order valence-electron chi connectivity index (χ0n) is 14.0. The molecule has 7 nitrogen and oxygen atoms in total. The molecule has 2 amide bonds. The number of hydrogen-bond donors (Lipinski definition) is 0. The molecular weight excluding hydrogens is 296 g/mol. The predicted molar refractivity (Wildman–Crippen MR) is 82.5 cm³/mol. The third-order valence-corrected chi connectivity index (χ3v) is 4.49. The van der Waals surface area contributed by atoms with Gasteiger partial charge >= 0.3 is 0 Å². The summed E-state index contributed by atoms with van der Waals surface area (Å²) in [6.45, 7) is 5.72. The van der Waals surface area contributed by atoms with Crippen LogP contribution in [0.2, 0.25) is 0 Å². The standard InChI is InChI=1S/C16H24N4O3/c1-10(2)15(21)20-8-12(9-20)14-17-13(18-23-14)6-7-19(3)16(22)11-4-5-11/h10-12H,4-9H2,1-3H3. The van der Waals surface area contributed by atoms with E-state index in [1.165, 1.54) is 0 Å². The summed E-state index contributed by atoms with van der Waals surface area (Å²) in [7, 11) is 1.82. The molecule has 0 aromatic carbocycles. The van der Waals surface area contributed by atoms with Gasteiger partial charge in [-0.15, -0.1) is 0 Å². The number of carbonyl (C=O) groups excluding carboxylic acids is 2. The molecule has 0 unspecified atom stereocenters. The first kappa shape index (κ1) is 16.0. The highest BCUT2D eigenvalue weighted by Gasteiger charge is 2.36. The van der Waals surface area contributed by atoms with Crippen molar-refractivity contribution in [3.63, 3.8) is 0 Å². The van der Waals surface area contributed by atoms with Crippen LogP contribution in [0.25, 0.3) is 0 Å². The number of nitrogens with zero attached hydrogens (tertiary/aromatic N) is 4. The molecule has 23 heavy (non-hydrogen) atoms. The van der Waals surface area contributed by atoms with Crippen LogP contribution in [0.15, 0.2) is 4.52 Å². The van der Waals surface area contributed by atoms with Crippen LogP contribution in [0.4, 0.5) is 0 Å². The fraction of sp³-hybridized carbons (Fsp3) is 0.750. The van der Waals surface area contributed by atoms with Crippen molar-refractivity contribution in [3.05, 3.63) is 11.7 Å². The summed E-state index contributed by atoms with van der Waals surface area (Å²) in [4.78, 5) is 31.7. The molecule has 2 heterocycles. The van der Waals surface area contributed by atoms with E-state index in [1.807, 2.05) is 25.8 Å². The number of rotatable bonds is 6. The molecule has 0 atom stereocenters. The van der Waals surface area contributed by atoms with Gasteiger partial charge in [0, 0.05) is 44.9 Å². The molecule has 1 aromatic rings. The summed E-state index contributed by atoms with van der Waals surface area (Å²) in [6.07, 6.45) is 2.63. The van der Waals surface area contributed by atoms with Gasteiger partial charge in [-0.3, -0.25) is 9.59 Å². The Balaban J connectivity index is 1.45. The molecule has 1 aliphatic carbocycles. The van der Waals surface area contributed by atoms with Crippen LogP contribution in [0.1, 0.15) is 44.3 Å². The Hall–Kier alpha value is -1.92. The number of aromatic nitrogens is 2. The molecule has 1 saturated carbocycles. The summed E-state index contributed by atoms with van der Waals surface area (Å²) in [5.74, 6) is 2.02. The minimum Gasteiger partial charge on any atom is -0.345 e. The monoisotopic (exact) mass is 320 g/mol. The second-order valence-electron chi connectivity index (χ2n) is 6.93. The molecule has 3 rings (SSSR count). The number of carbonyl (C=O) groups is 2. The molecule has 0 bridgehead atoms. The van der Waals surface area contributed by atoms with Gasteiger partial charge in [-0.2, -0.15) is 4.98 Å². The van der Waals surface area contributed by atoms with Crippen LogP contribution in [0, 0.1) is 11.8 Å². The first-order chi connectivity index (χ1) is 11.0. The molecule has 2 fully saturated rings. The van der Waals surface area contributed by atoms with Crippen LogP contribution in [0.5, 0.6) is 0 Å². The van der Waals surface area contributed by atoms with Crippen molar-refractivity contribution in [2.24, 2.45) is 11.8 Å². The van der Waals surface area contributed by atoms with E-state index in [4.69, 9.17) is 4.52 Å². The van der Waals surface area contributed by atoms with Gasteiger partial charge in [-0.25, -0.2) is 0 Å². The molecule has 0 spiro atoms. The summed E-state index contributed by atoms with van der Waals surface area (Å²) in [5.41, 5.74) is 0. The molecule has 0 radical (unpaired) electrons. The van der Waals surface area contributed by atoms with Gasteiger partial charge in [-0.1, -0.05) is 19.0 Å². The molecule has 126 valence electrons. The Kier molecular flexibility index (Phi) is 4.37. The lowest BCUT2D eigenvalue weighted by atomic mass is 9.98. The predicted octanol–water partition coefficient (Wildman–Crippen LogP) is 1.06. The molecule has 1 saturated heterocycles. The largest absolute Gasteiger partial charge is 0.345 e. The van der Waals surface area contributed by atoms with E-state index >= 15 is 0 Å². The van der Waals surface area contributed by atoms with Crippen molar-refractivity contribution in [1.82, 2.24) is 19.9 Å². The highest BCUT2D eigenvalue weighted by molar-refractivity contribution is 5.80. The maximum atomic E-state index is 11.9. The first-order valence-electron chi connectivity index (χ1n) is 8.32. The summed E-state index contributed by atoms with van der Waals surface area (Å²) >= 11 is 0. The van der Waals surface area contributed by atoms with Crippen molar-refractivity contribution in [1.29, 1.82) is 0 Å². The smallest absolute Gasteiger partial charge is 0.233 e. The quantitative estimate of drug-likeness (QED) is 0.783. The molecule has 2 aliphatic rings. The van der Waals surface area contributed by atoms with Crippen molar-refractivity contribution >= 4 is 11.8 Å². The van der Waals surface area contributed by atoms with Crippen molar-refractivity contribution in [3.8, 4) is 0 Å². The van der Waals surface area contributed by atoms with Gasteiger partial charge in [0.25, 0.3) is 0 Å². The van der Waals surface area contributed by atoms with E-state index in [0.29, 0.717) is 37.8 Å². The summed E-state index contributed by atoms with van der Waals surface area (Å²) in [5, 5.41) is 3.99. The number of likely N-dealkylation sites (N-methyl/N-ethyl adjacent to an activating group) is 1. The van der Waals surface area contributed by atoms with Crippen LogP contribution in [0.3, 0.4) is 0 Å². The second kappa shape index (κ2) is 6.29. The van der Waals surface area contributed by atoms with Crippen LogP contribution < -0.4 is 0 Å².